The highest BCUT2D eigenvalue weighted by Crippen LogP contribution is 2.14. The molecule has 0 aliphatic rings. The summed E-state index contributed by atoms with van der Waals surface area (Å²) in [4.78, 5) is 0. The lowest BCUT2D eigenvalue weighted by atomic mass is 10.2. The van der Waals surface area contributed by atoms with Crippen molar-refractivity contribution in [3.05, 3.63) is 29.8 Å². The van der Waals surface area contributed by atoms with Gasteiger partial charge in [-0.25, -0.2) is 0 Å². The number of terminal acetylenes is 1. The Labute approximate surface area is 138 Å². The van der Waals surface area contributed by atoms with Gasteiger partial charge in [0.1, 0.15) is 12.5 Å². The van der Waals surface area contributed by atoms with Crippen LogP contribution in [0.1, 0.15) is 18.4 Å². The van der Waals surface area contributed by atoms with E-state index in [4.69, 9.17) is 30.1 Å². The molecule has 0 heterocycles. The Kier molecular flexibility index (Phi) is 10.9. The maximum absolute atomic E-state index is 5.86. The van der Waals surface area contributed by atoms with Gasteiger partial charge in [-0.3, -0.25) is 0 Å². The average Bonchev–Trinajstić information content (AvgIpc) is 2.59. The van der Waals surface area contributed by atoms with Crippen molar-refractivity contribution < 1.29 is 23.7 Å². The standard InChI is InChI=1S/C18H26O5/c1-4-5-18(10-11-21-15-22-13-12-19-2)23-14-16-6-8-17(20-3)9-7-16/h1,6-9,18H,5,10-15H2,2-3H3/t18-/m0/s1. The van der Waals surface area contributed by atoms with E-state index < -0.39 is 0 Å². The van der Waals surface area contributed by atoms with Crippen molar-refractivity contribution in [3.63, 3.8) is 0 Å². The number of hydrogen-bond acceptors (Lipinski definition) is 5. The molecule has 0 unspecified atom stereocenters. The van der Waals surface area contributed by atoms with Crippen molar-refractivity contribution in [2.24, 2.45) is 0 Å². The van der Waals surface area contributed by atoms with E-state index in [1.54, 1.807) is 14.2 Å². The Hall–Kier alpha value is -1.58. The molecule has 5 nitrogen and oxygen atoms in total. The average molecular weight is 322 g/mol. The van der Waals surface area contributed by atoms with Gasteiger partial charge in [0.05, 0.1) is 39.6 Å². The topological polar surface area (TPSA) is 46.2 Å². The summed E-state index contributed by atoms with van der Waals surface area (Å²) < 4.78 is 26.5. The molecule has 0 amide bonds. The molecule has 0 aromatic heterocycles. The molecule has 0 aliphatic heterocycles. The van der Waals surface area contributed by atoms with E-state index in [9.17, 15) is 0 Å². The lowest BCUT2D eigenvalue weighted by Gasteiger charge is -2.16. The monoisotopic (exact) mass is 322 g/mol. The van der Waals surface area contributed by atoms with Crippen molar-refractivity contribution in [2.45, 2.75) is 25.6 Å². The molecule has 1 atom stereocenters. The molecular weight excluding hydrogens is 296 g/mol. The molecule has 0 N–H and O–H groups in total. The SMILES string of the molecule is C#CC[C@@H](CCOCOCCOC)OCc1ccc(OC)cc1. The second-order valence-corrected chi connectivity index (χ2v) is 4.91. The van der Waals surface area contributed by atoms with Gasteiger partial charge in [-0.15, -0.1) is 12.3 Å². The van der Waals surface area contributed by atoms with Gasteiger partial charge in [-0.05, 0) is 24.1 Å². The second-order valence-electron chi connectivity index (χ2n) is 4.91. The third kappa shape index (κ3) is 9.22. The number of rotatable bonds is 13. The fourth-order valence-electron chi connectivity index (χ4n) is 1.85. The first-order chi connectivity index (χ1) is 11.3. The molecule has 0 radical (unpaired) electrons. The lowest BCUT2D eigenvalue weighted by Crippen LogP contribution is -2.16. The first kappa shape index (κ1) is 19.5. The minimum absolute atomic E-state index is 0.0268. The van der Waals surface area contributed by atoms with Crippen LogP contribution in [-0.2, 0) is 25.6 Å². The van der Waals surface area contributed by atoms with E-state index in [2.05, 4.69) is 5.92 Å². The molecule has 1 aromatic rings. The van der Waals surface area contributed by atoms with Crippen LogP contribution in [0, 0.1) is 12.3 Å². The highest BCUT2D eigenvalue weighted by atomic mass is 16.7. The molecule has 0 aliphatic carbocycles. The van der Waals surface area contributed by atoms with Crippen LogP contribution in [-0.4, -0.2) is 46.9 Å². The van der Waals surface area contributed by atoms with Crippen molar-refractivity contribution in [2.75, 3.05) is 40.8 Å². The van der Waals surface area contributed by atoms with Gasteiger partial charge >= 0.3 is 0 Å². The van der Waals surface area contributed by atoms with Crippen LogP contribution in [0.4, 0.5) is 0 Å². The van der Waals surface area contributed by atoms with Gasteiger partial charge < -0.3 is 23.7 Å². The summed E-state index contributed by atoms with van der Waals surface area (Å²) in [5.74, 6) is 3.47. The van der Waals surface area contributed by atoms with Gasteiger partial charge in [-0.1, -0.05) is 12.1 Å². The van der Waals surface area contributed by atoms with Crippen LogP contribution in [0.2, 0.25) is 0 Å². The summed E-state index contributed by atoms with van der Waals surface area (Å²) >= 11 is 0. The molecule has 128 valence electrons. The zero-order valence-electron chi connectivity index (χ0n) is 14.0. The van der Waals surface area contributed by atoms with Crippen molar-refractivity contribution in [1.82, 2.24) is 0 Å². The fourth-order valence-corrected chi connectivity index (χ4v) is 1.85. The van der Waals surface area contributed by atoms with Crippen LogP contribution in [0.3, 0.4) is 0 Å². The quantitative estimate of drug-likeness (QED) is 0.317. The van der Waals surface area contributed by atoms with Crippen LogP contribution in [0.25, 0.3) is 0 Å². The minimum atomic E-state index is -0.0268. The molecular formula is C18H26O5. The van der Waals surface area contributed by atoms with Crippen molar-refractivity contribution in [1.29, 1.82) is 0 Å². The predicted molar refractivity (Wildman–Crippen MR) is 88.3 cm³/mol. The van der Waals surface area contributed by atoms with Gasteiger partial charge in [0.15, 0.2) is 0 Å². The third-order valence-corrected chi connectivity index (χ3v) is 3.17. The first-order valence-electron chi connectivity index (χ1n) is 7.62. The number of hydrogen-bond donors (Lipinski definition) is 0. The normalized spacial score (nSPS) is 11.9. The summed E-state index contributed by atoms with van der Waals surface area (Å²) in [6.45, 7) is 2.40. The molecule has 0 bridgehead atoms. The Morgan fingerprint density at radius 3 is 2.43 bits per heavy atom. The van der Waals surface area contributed by atoms with E-state index in [1.807, 2.05) is 24.3 Å². The Balaban J connectivity index is 2.21. The smallest absolute Gasteiger partial charge is 0.146 e. The molecule has 0 spiro atoms. The van der Waals surface area contributed by atoms with Gasteiger partial charge in [-0.2, -0.15) is 0 Å². The Bertz CT molecular complexity index is 438. The molecule has 23 heavy (non-hydrogen) atoms. The van der Waals surface area contributed by atoms with Gasteiger partial charge in [0, 0.05) is 13.5 Å². The maximum Gasteiger partial charge on any atom is 0.146 e. The van der Waals surface area contributed by atoms with E-state index in [0.717, 1.165) is 17.7 Å². The Morgan fingerprint density at radius 1 is 1.04 bits per heavy atom. The number of ether oxygens (including phenoxy) is 5. The molecule has 1 rings (SSSR count). The summed E-state index contributed by atoms with van der Waals surface area (Å²) in [5, 5.41) is 0. The summed E-state index contributed by atoms with van der Waals surface area (Å²) in [5.41, 5.74) is 1.08. The lowest BCUT2D eigenvalue weighted by molar-refractivity contribution is -0.0761. The summed E-state index contributed by atoms with van der Waals surface area (Å²) in [6, 6.07) is 7.78. The molecule has 5 heteroatoms. The molecule has 0 fully saturated rings. The maximum atomic E-state index is 5.86. The number of methoxy groups -OCH3 is 2. The van der Waals surface area contributed by atoms with Crippen LogP contribution < -0.4 is 4.74 Å². The summed E-state index contributed by atoms with van der Waals surface area (Å²) in [6.07, 6.45) is 6.66. The van der Waals surface area contributed by atoms with Crippen LogP contribution in [0.15, 0.2) is 24.3 Å². The van der Waals surface area contributed by atoms with Crippen molar-refractivity contribution >= 4 is 0 Å². The van der Waals surface area contributed by atoms with E-state index in [0.29, 0.717) is 32.8 Å². The highest BCUT2D eigenvalue weighted by molar-refractivity contribution is 5.26. The molecule has 0 saturated heterocycles. The molecule has 0 saturated carbocycles. The number of benzene rings is 1. The van der Waals surface area contributed by atoms with Crippen molar-refractivity contribution in [3.8, 4) is 18.1 Å². The first-order valence-corrected chi connectivity index (χ1v) is 7.62. The van der Waals surface area contributed by atoms with Gasteiger partial charge in [0.2, 0.25) is 0 Å². The van der Waals surface area contributed by atoms with Gasteiger partial charge in [0.25, 0.3) is 0 Å². The van der Waals surface area contributed by atoms with E-state index in [-0.39, 0.29) is 12.9 Å². The van der Waals surface area contributed by atoms with Crippen LogP contribution >= 0.6 is 0 Å². The highest BCUT2D eigenvalue weighted by Gasteiger charge is 2.08. The minimum Gasteiger partial charge on any atom is -0.497 e. The zero-order valence-corrected chi connectivity index (χ0v) is 14.0. The van der Waals surface area contributed by atoms with E-state index in [1.165, 1.54) is 0 Å². The molecule has 1 aromatic carbocycles. The summed E-state index contributed by atoms with van der Waals surface area (Å²) in [7, 11) is 3.28. The predicted octanol–water partition coefficient (Wildman–Crippen LogP) is 2.63. The van der Waals surface area contributed by atoms with Crippen LogP contribution in [0.5, 0.6) is 5.75 Å². The third-order valence-electron chi connectivity index (χ3n) is 3.17. The fraction of sp³-hybridized carbons (Fsp3) is 0.556. The largest absolute Gasteiger partial charge is 0.497 e. The van der Waals surface area contributed by atoms with E-state index >= 15 is 0 Å². The zero-order chi connectivity index (χ0) is 16.8. The second kappa shape index (κ2) is 12.9. The Morgan fingerprint density at radius 2 is 1.78 bits per heavy atom.